The normalized spacial score (nSPS) is 10.7. The number of hydrogen-bond acceptors (Lipinski definition) is 5. The molecule has 0 fully saturated rings. The number of amides is 1. The van der Waals surface area contributed by atoms with E-state index in [-0.39, 0.29) is 12.5 Å². The van der Waals surface area contributed by atoms with E-state index in [9.17, 15) is 4.79 Å². The van der Waals surface area contributed by atoms with E-state index in [2.05, 4.69) is 10.2 Å². The van der Waals surface area contributed by atoms with Crippen LogP contribution in [0, 0.1) is 6.92 Å². The summed E-state index contributed by atoms with van der Waals surface area (Å²) in [6.07, 6.45) is 0. The van der Waals surface area contributed by atoms with Gasteiger partial charge in [0.05, 0.1) is 12.1 Å². The number of carbonyl (C=O) groups is 1. The molecule has 0 atom stereocenters. The SMILES string of the molecule is Cc1ccc(-c2nnc(CN(C)C(=O)c3cc(Cl)ccc3OCc3ccccc3)o2)cc1. The lowest BCUT2D eigenvalue weighted by atomic mass is 10.1. The fourth-order valence-corrected chi connectivity index (χ4v) is 3.31. The number of rotatable bonds is 7. The number of benzene rings is 3. The molecule has 0 saturated carbocycles. The second kappa shape index (κ2) is 9.66. The Hall–Kier alpha value is -3.64. The third-order valence-electron chi connectivity index (χ3n) is 4.89. The molecule has 3 aromatic carbocycles. The van der Waals surface area contributed by atoms with Crippen molar-refractivity contribution in [2.75, 3.05) is 7.05 Å². The molecule has 0 radical (unpaired) electrons. The van der Waals surface area contributed by atoms with Crippen LogP contribution in [0.5, 0.6) is 5.75 Å². The van der Waals surface area contributed by atoms with Gasteiger partial charge in [-0.3, -0.25) is 4.79 Å². The molecule has 1 amide bonds. The predicted molar refractivity (Wildman–Crippen MR) is 122 cm³/mol. The molecule has 0 aliphatic rings. The second-order valence-corrected chi connectivity index (χ2v) is 7.88. The van der Waals surface area contributed by atoms with Crippen molar-refractivity contribution in [2.45, 2.75) is 20.1 Å². The number of halogens is 1. The molecule has 32 heavy (non-hydrogen) atoms. The van der Waals surface area contributed by atoms with Gasteiger partial charge >= 0.3 is 0 Å². The molecule has 6 nitrogen and oxygen atoms in total. The maximum atomic E-state index is 13.1. The monoisotopic (exact) mass is 447 g/mol. The van der Waals surface area contributed by atoms with Crippen molar-refractivity contribution in [3.8, 4) is 17.2 Å². The smallest absolute Gasteiger partial charge is 0.257 e. The van der Waals surface area contributed by atoms with Crippen molar-refractivity contribution in [1.29, 1.82) is 0 Å². The lowest BCUT2D eigenvalue weighted by Gasteiger charge is -2.18. The molecule has 0 spiro atoms. The van der Waals surface area contributed by atoms with E-state index in [4.69, 9.17) is 20.8 Å². The summed E-state index contributed by atoms with van der Waals surface area (Å²) in [6.45, 7) is 2.51. The maximum absolute atomic E-state index is 13.1. The van der Waals surface area contributed by atoms with Crippen molar-refractivity contribution in [1.82, 2.24) is 15.1 Å². The zero-order valence-corrected chi connectivity index (χ0v) is 18.5. The summed E-state index contributed by atoms with van der Waals surface area (Å²) in [5.41, 5.74) is 3.35. The van der Waals surface area contributed by atoms with Crippen LogP contribution in [0.3, 0.4) is 0 Å². The first-order valence-corrected chi connectivity index (χ1v) is 10.5. The fraction of sp³-hybridized carbons (Fsp3) is 0.160. The van der Waals surface area contributed by atoms with Crippen LogP contribution in [-0.4, -0.2) is 28.1 Å². The number of ether oxygens (including phenoxy) is 1. The topological polar surface area (TPSA) is 68.5 Å². The second-order valence-electron chi connectivity index (χ2n) is 7.44. The van der Waals surface area contributed by atoms with Gasteiger partial charge in [0.1, 0.15) is 12.4 Å². The largest absolute Gasteiger partial charge is 0.488 e. The van der Waals surface area contributed by atoms with Gasteiger partial charge in [0.2, 0.25) is 11.8 Å². The van der Waals surface area contributed by atoms with Crippen LogP contribution in [-0.2, 0) is 13.2 Å². The van der Waals surface area contributed by atoms with Crippen LogP contribution < -0.4 is 4.74 Å². The van der Waals surface area contributed by atoms with Gasteiger partial charge in [-0.15, -0.1) is 10.2 Å². The Morgan fingerprint density at radius 2 is 1.78 bits per heavy atom. The Balaban J connectivity index is 1.48. The molecule has 0 bridgehead atoms. The highest BCUT2D eigenvalue weighted by Crippen LogP contribution is 2.26. The average Bonchev–Trinajstić information content (AvgIpc) is 3.27. The summed E-state index contributed by atoms with van der Waals surface area (Å²) in [5, 5.41) is 8.63. The van der Waals surface area contributed by atoms with Crippen molar-refractivity contribution < 1.29 is 13.9 Å². The summed E-state index contributed by atoms with van der Waals surface area (Å²) in [7, 11) is 1.67. The molecular weight excluding hydrogens is 426 g/mol. The Labute approximate surface area is 191 Å². The van der Waals surface area contributed by atoms with Gasteiger partial charge in [-0.2, -0.15) is 0 Å². The number of aromatic nitrogens is 2. The predicted octanol–water partition coefficient (Wildman–Crippen LogP) is 5.55. The van der Waals surface area contributed by atoms with Crippen LogP contribution in [0.2, 0.25) is 5.02 Å². The van der Waals surface area contributed by atoms with E-state index in [1.165, 1.54) is 4.90 Å². The molecule has 4 aromatic rings. The van der Waals surface area contributed by atoms with E-state index < -0.39 is 0 Å². The van der Waals surface area contributed by atoms with E-state index in [1.807, 2.05) is 61.5 Å². The minimum absolute atomic E-state index is 0.155. The van der Waals surface area contributed by atoms with Crippen LogP contribution in [0.15, 0.2) is 77.2 Å². The van der Waals surface area contributed by atoms with Gasteiger partial charge in [0.25, 0.3) is 5.91 Å². The first-order chi connectivity index (χ1) is 15.5. The number of aryl methyl sites for hydroxylation is 1. The third-order valence-corrected chi connectivity index (χ3v) is 5.13. The van der Waals surface area contributed by atoms with E-state index in [1.54, 1.807) is 25.2 Å². The Morgan fingerprint density at radius 3 is 2.53 bits per heavy atom. The van der Waals surface area contributed by atoms with Crippen molar-refractivity contribution >= 4 is 17.5 Å². The van der Waals surface area contributed by atoms with E-state index in [0.29, 0.717) is 34.7 Å². The van der Waals surface area contributed by atoms with Gasteiger partial charge in [-0.1, -0.05) is 59.6 Å². The first kappa shape index (κ1) is 21.6. The molecule has 0 aliphatic heterocycles. The minimum Gasteiger partial charge on any atom is -0.488 e. The standard InChI is InChI=1S/C25H22ClN3O3/c1-17-8-10-19(11-9-17)24-28-27-23(32-24)15-29(2)25(30)21-14-20(26)12-13-22(21)31-16-18-6-4-3-5-7-18/h3-14H,15-16H2,1-2H3. The van der Waals surface area contributed by atoms with E-state index >= 15 is 0 Å². The van der Waals surface area contributed by atoms with Gasteiger partial charge in [-0.25, -0.2) is 0 Å². The van der Waals surface area contributed by atoms with Gasteiger partial charge in [-0.05, 0) is 42.8 Å². The lowest BCUT2D eigenvalue weighted by Crippen LogP contribution is -2.27. The summed E-state index contributed by atoms with van der Waals surface area (Å²) >= 11 is 6.16. The van der Waals surface area contributed by atoms with E-state index in [0.717, 1.165) is 16.7 Å². The molecule has 0 N–H and O–H groups in total. The Morgan fingerprint density at radius 1 is 1.03 bits per heavy atom. The molecule has 0 saturated heterocycles. The fourth-order valence-electron chi connectivity index (χ4n) is 3.14. The zero-order chi connectivity index (χ0) is 22.5. The molecule has 0 aliphatic carbocycles. The van der Waals surface area contributed by atoms with Crippen molar-refractivity contribution in [2.24, 2.45) is 0 Å². The molecule has 7 heteroatoms. The Kier molecular flexibility index (Phi) is 6.52. The lowest BCUT2D eigenvalue weighted by molar-refractivity contribution is 0.0768. The van der Waals surface area contributed by atoms with Crippen LogP contribution in [0.25, 0.3) is 11.5 Å². The highest BCUT2D eigenvalue weighted by molar-refractivity contribution is 6.31. The number of hydrogen-bond donors (Lipinski definition) is 0. The van der Waals surface area contributed by atoms with Crippen molar-refractivity contribution in [3.05, 3.63) is 100 Å². The van der Waals surface area contributed by atoms with Gasteiger partial charge in [0, 0.05) is 17.6 Å². The highest BCUT2D eigenvalue weighted by atomic mass is 35.5. The van der Waals surface area contributed by atoms with Gasteiger partial charge < -0.3 is 14.1 Å². The van der Waals surface area contributed by atoms with Gasteiger partial charge in [0.15, 0.2) is 0 Å². The molecule has 1 heterocycles. The molecule has 162 valence electrons. The third kappa shape index (κ3) is 5.15. The average molecular weight is 448 g/mol. The summed E-state index contributed by atoms with van der Waals surface area (Å²) in [4.78, 5) is 14.6. The maximum Gasteiger partial charge on any atom is 0.257 e. The summed E-state index contributed by atoms with van der Waals surface area (Å²) in [5.74, 6) is 0.951. The quantitative estimate of drug-likeness (QED) is 0.371. The summed E-state index contributed by atoms with van der Waals surface area (Å²) < 4.78 is 11.7. The molecular formula is C25H22ClN3O3. The summed E-state index contributed by atoms with van der Waals surface area (Å²) in [6, 6.07) is 22.5. The molecule has 1 aromatic heterocycles. The minimum atomic E-state index is -0.259. The van der Waals surface area contributed by atoms with Crippen LogP contribution in [0.4, 0.5) is 0 Å². The number of carbonyl (C=O) groups excluding carboxylic acids is 1. The van der Waals surface area contributed by atoms with Crippen LogP contribution in [0.1, 0.15) is 27.4 Å². The number of nitrogens with zero attached hydrogens (tertiary/aromatic N) is 3. The zero-order valence-electron chi connectivity index (χ0n) is 17.8. The Bertz CT molecular complexity index is 1210. The highest BCUT2D eigenvalue weighted by Gasteiger charge is 2.20. The van der Waals surface area contributed by atoms with Crippen LogP contribution >= 0.6 is 11.6 Å². The van der Waals surface area contributed by atoms with Crippen molar-refractivity contribution in [3.63, 3.8) is 0 Å². The molecule has 4 rings (SSSR count). The molecule has 0 unspecified atom stereocenters. The first-order valence-electron chi connectivity index (χ1n) is 10.1.